The van der Waals surface area contributed by atoms with Crippen molar-refractivity contribution in [3.8, 4) is 0 Å². The molecule has 22 heavy (non-hydrogen) atoms. The zero-order chi connectivity index (χ0) is 15.8. The van der Waals surface area contributed by atoms with Crippen molar-refractivity contribution in [2.24, 2.45) is 0 Å². The molecule has 2 rings (SSSR count). The van der Waals surface area contributed by atoms with Gasteiger partial charge in [-0.3, -0.25) is 4.79 Å². The Morgan fingerprint density at radius 2 is 1.18 bits per heavy atom. The predicted octanol–water partition coefficient (Wildman–Crippen LogP) is 5.51. The quantitative estimate of drug-likeness (QED) is 0.638. The Balaban J connectivity index is 2.40. The van der Waals surface area contributed by atoms with Crippen LogP contribution in [0.1, 0.15) is 27.0 Å². The van der Waals surface area contributed by atoms with E-state index >= 15 is 0 Å². The molecule has 0 fully saturated rings. The molecular weight excluding hydrogens is 315 g/mol. The monoisotopic (exact) mass is 330 g/mol. The van der Waals surface area contributed by atoms with Gasteiger partial charge in [0.1, 0.15) is 0 Å². The summed E-state index contributed by atoms with van der Waals surface area (Å²) < 4.78 is 0. The summed E-state index contributed by atoms with van der Waals surface area (Å²) in [6.07, 6.45) is 4.93. The smallest absolute Gasteiger partial charge is 0.193 e. The molecule has 1 nitrogen and oxygen atoms in total. The molecule has 0 atom stereocenters. The van der Waals surface area contributed by atoms with Gasteiger partial charge in [0.15, 0.2) is 5.78 Å². The van der Waals surface area contributed by atoms with Crippen molar-refractivity contribution in [3.05, 3.63) is 94.0 Å². The van der Waals surface area contributed by atoms with Gasteiger partial charge < -0.3 is 0 Å². The lowest BCUT2D eigenvalue weighted by molar-refractivity contribution is 0.103. The van der Waals surface area contributed by atoms with Crippen LogP contribution < -0.4 is 0 Å². The number of carbonyl (C=O) groups excluding carboxylic acids is 1. The minimum atomic E-state index is 0.0251. The van der Waals surface area contributed by atoms with Crippen molar-refractivity contribution in [2.45, 2.75) is 12.8 Å². The van der Waals surface area contributed by atoms with Crippen LogP contribution >= 0.6 is 23.2 Å². The first-order valence-electron chi connectivity index (χ1n) is 6.99. The van der Waals surface area contributed by atoms with Gasteiger partial charge in [0.05, 0.1) is 0 Å². The highest BCUT2D eigenvalue weighted by atomic mass is 35.5. The molecule has 0 aromatic heterocycles. The van der Waals surface area contributed by atoms with Gasteiger partial charge >= 0.3 is 0 Å². The third-order valence-electron chi connectivity index (χ3n) is 3.38. The van der Waals surface area contributed by atoms with Gasteiger partial charge in [0, 0.05) is 22.2 Å². The summed E-state index contributed by atoms with van der Waals surface area (Å²) in [5.41, 5.74) is 6.29. The van der Waals surface area contributed by atoms with Crippen molar-refractivity contribution in [2.75, 3.05) is 0 Å². The van der Waals surface area contributed by atoms with E-state index in [2.05, 4.69) is 0 Å². The van der Waals surface area contributed by atoms with E-state index in [-0.39, 0.29) is 5.78 Å². The molecule has 0 radical (unpaired) electrons. The average Bonchev–Trinajstić information content (AvgIpc) is 2.58. The summed E-state index contributed by atoms with van der Waals surface area (Å²) in [5, 5.41) is 0. The van der Waals surface area contributed by atoms with Crippen LogP contribution in [0.15, 0.2) is 71.8 Å². The molecule has 0 aliphatic rings. The maximum Gasteiger partial charge on any atom is 0.193 e. The lowest BCUT2D eigenvalue weighted by atomic mass is 9.93. The minimum absolute atomic E-state index is 0.0251. The zero-order valence-corrected chi connectivity index (χ0v) is 13.5. The SMILES string of the molecule is O=C(c1ccccc1CC=CCl)c1ccccc1CC=CCl. The number of allylic oxidation sites excluding steroid dienone is 2. The highest BCUT2D eigenvalue weighted by molar-refractivity contribution is 6.25. The van der Waals surface area contributed by atoms with Crippen molar-refractivity contribution in [3.63, 3.8) is 0 Å². The molecule has 0 bridgehead atoms. The maximum atomic E-state index is 12.9. The molecule has 2 aromatic rings. The Labute approximate surface area is 140 Å². The van der Waals surface area contributed by atoms with E-state index in [1.165, 1.54) is 11.1 Å². The molecule has 0 heterocycles. The summed E-state index contributed by atoms with van der Waals surface area (Å²) >= 11 is 11.2. The summed E-state index contributed by atoms with van der Waals surface area (Å²) in [5.74, 6) is 0.0251. The molecular formula is C19H16Cl2O. The highest BCUT2D eigenvalue weighted by Crippen LogP contribution is 2.19. The molecule has 112 valence electrons. The van der Waals surface area contributed by atoms with Crippen LogP contribution in [-0.4, -0.2) is 5.78 Å². The molecule has 3 heteroatoms. The van der Waals surface area contributed by atoms with E-state index in [1.807, 2.05) is 60.7 Å². The van der Waals surface area contributed by atoms with Crippen LogP contribution in [0.2, 0.25) is 0 Å². The van der Waals surface area contributed by atoms with Crippen LogP contribution in [-0.2, 0) is 12.8 Å². The standard InChI is InChI=1S/C19H16Cl2O/c20-13-5-9-15-7-1-3-11-17(15)19(22)18-12-4-2-8-16(18)10-6-14-21/h1-8,11-14H,9-10H2. The first-order chi connectivity index (χ1) is 10.8. The van der Waals surface area contributed by atoms with E-state index in [9.17, 15) is 4.79 Å². The van der Waals surface area contributed by atoms with E-state index in [0.717, 1.165) is 11.1 Å². The summed E-state index contributed by atoms with van der Waals surface area (Å²) in [4.78, 5) is 12.9. The summed E-state index contributed by atoms with van der Waals surface area (Å²) in [7, 11) is 0. The Morgan fingerprint density at radius 1 is 0.773 bits per heavy atom. The van der Waals surface area contributed by atoms with Crippen LogP contribution in [0.25, 0.3) is 0 Å². The Hall–Kier alpha value is -1.83. The fourth-order valence-electron chi connectivity index (χ4n) is 2.33. The van der Waals surface area contributed by atoms with Gasteiger partial charge in [-0.2, -0.15) is 0 Å². The highest BCUT2D eigenvalue weighted by Gasteiger charge is 2.15. The molecule has 0 unspecified atom stereocenters. The maximum absolute atomic E-state index is 12.9. The van der Waals surface area contributed by atoms with E-state index in [1.54, 1.807) is 0 Å². The van der Waals surface area contributed by atoms with Gasteiger partial charge in [0.2, 0.25) is 0 Å². The second-order valence-corrected chi connectivity index (χ2v) is 5.28. The second-order valence-electron chi connectivity index (χ2n) is 4.78. The Bertz CT molecular complexity index is 643. The first kappa shape index (κ1) is 16.5. The van der Waals surface area contributed by atoms with Crippen molar-refractivity contribution >= 4 is 29.0 Å². The fourth-order valence-corrected chi connectivity index (χ4v) is 2.51. The third kappa shape index (κ3) is 4.09. The number of ketones is 1. The van der Waals surface area contributed by atoms with Crippen LogP contribution in [0.3, 0.4) is 0 Å². The van der Waals surface area contributed by atoms with Crippen molar-refractivity contribution < 1.29 is 4.79 Å². The molecule has 0 saturated carbocycles. The lowest BCUT2D eigenvalue weighted by Gasteiger charge is -2.10. The summed E-state index contributed by atoms with van der Waals surface area (Å²) in [6.45, 7) is 0. The minimum Gasteiger partial charge on any atom is -0.289 e. The topological polar surface area (TPSA) is 17.1 Å². The van der Waals surface area contributed by atoms with Gasteiger partial charge in [-0.05, 0) is 24.0 Å². The van der Waals surface area contributed by atoms with Gasteiger partial charge in [-0.25, -0.2) is 0 Å². The van der Waals surface area contributed by atoms with Crippen LogP contribution in [0, 0.1) is 0 Å². The first-order valence-corrected chi connectivity index (χ1v) is 7.86. The summed E-state index contributed by atoms with van der Waals surface area (Å²) in [6, 6.07) is 15.2. The molecule has 0 aliphatic carbocycles. The predicted molar refractivity (Wildman–Crippen MR) is 93.7 cm³/mol. The van der Waals surface area contributed by atoms with E-state index in [0.29, 0.717) is 24.0 Å². The molecule has 0 N–H and O–H groups in total. The normalized spacial score (nSPS) is 11.4. The molecule has 0 aliphatic heterocycles. The second kappa shape index (κ2) is 8.57. The molecule has 0 spiro atoms. The van der Waals surface area contributed by atoms with Crippen molar-refractivity contribution in [1.82, 2.24) is 0 Å². The number of hydrogen-bond donors (Lipinski definition) is 0. The molecule has 0 amide bonds. The van der Waals surface area contributed by atoms with Gasteiger partial charge in [-0.15, -0.1) is 0 Å². The average molecular weight is 331 g/mol. The third-order valence-corrected chi connectivity index (χ3v) is 3.73. The van der Waals surface area contributed by atoms with Gasteiger partial charge in [0.25, 0.3) is 0 Å². The number of rotatable bonds is 6. The van der Waals surface area contributed by atoms with Crippen LogP contribution in [0.5, 0.6) is 0 Å². The number of hydrogen-bond acceptors (Lipinski definition) is 1. The van der Waals surface area contributed by atoms with E-state index in [4.69, 9.17) is 23.2 Å². The van der Waals surface area contributed by atoms with Gasteiger partial charge in [-0.1, -0.05) is 83.9 Å². The fraction of sp³-hybridized carbons (Fsp3) is 0.105. The van der Waals surface area contributed by atoms with E-state index < -0.39 is 0 Å². The Morgan fingerprint density at radius 3 is 1.59 bits per heavy atom. The zero-order valence-electron chi connectivity index (χ0n) is 12.0. The number of carbonyl (C=O) groups is 1. The number of benzene rings is 2. The number of halogens is 2. The van der Waals surface area contributed by atoms with Crippen molar-refractivity contribution in [1.29, 1.82) is 0 Å². The Kier molecular flexibility index (Phi) is 6.45. The molecule has 0 saturated heterocycles. The lowest BCUT2D eigenvalue weighted by Crippen LogP contribution is -2.08. The molecule has 2 aromatic carbocycles. The largest absolute Gasteiger partial charge is 0.289 e. The van der Waals surface area contributed by atoms with Crippen LogP contribution in [0.4, 0.5) is 0 Å².